The van der Waals surface area contributed by atoms with Crippen LogP contribution in [0.4, 0.5) is 0 Å². The highest BCUT2D eigenvalue weighted by molar-refractivity contribution is 8.01. The zero-order valence-corrected chi connectivity index (χ0v) is 13.6. The van der Waals surface area contributed by atoms with Crippen LogP contribution in [-0.2, 0) is 6.42 Å². The summed E-state index contributed by atoms with van der Waals surface area (Å²) in [5.41, 5.74) is 2.04. The van der Waals surface area contributed by atoms with E-state index < -0.39 is 0 Å². The lowest BCUT2D eigenvalue weighted by Gasteiger charge is -2.09. The van der Waals surface area contributed by atoms with Crippen molar-refractivity contribution in [3.63, 3.8) is 0 Å². The van der Waals surface area contributed by atoms with Gasteiger partial charge < -0.3 is 9.72 Å². The van der Waals surface area contributed by atoms with Crippen LogP contribution in [0.2, 0.25) is 0 Å². The third-order valence-corrected chi connectivity index (χ3v) is 6.32. The average molecular weight is 330 g/mol. The number of nitrogens with one attached hydrogen (secondary N) is 1. The SMILES string of the molecule is COc1ccc(-c2nc3sc4c(c3c(=O)[nH]2)CCCS4)cc1. The Labute approximate surface area is 135 Å². The van der Waals surface area contributed by atoms with Crippen molar-refractivity contribution in [2.24, 2.45) is 0 Å². The van der Waals surface area contributed by atoms with Crippen molar-refractivity contribution in [1.82, 2.24) is 9.97 Å². The maximum atomic E-state index is 12.5. The molecule has 22 heavy (non-hydrogen) atoms. The highest BCUT2D eigenvalue weighted by Gasteiger charge is 2.20. The lowest BCUT2D eigenvalue weighted by atomic mass is 10.1. The predicted molar refractivity (Wildman–Crippen MR) is 91.3 cm³/mol. The number of thioether (sulfide) groups is 1. The monoisotopic (exact) mass is 330 g/mol. The van der Waals surface area contributed by atoms with Crippen molar-refractivity contribution >= 4 is 33.3 Å². The maximum Gasteiger partial charge on any atom is 0.260 e. The van der Waals surface area contributed by atoms with Crippen LogP contribution in [0.25, 0.3) is 21.6 Å². The van der Waals surface area contributed by atoms with Crippen LogP contribution in [0.15, 0.2) is 33.3 Å². The molecule has 0 amide bonds. The number of aryl methyl sites for hydroxylation is 1. The molecular formula is C16H14N2O2S2. The molecule has 0 unspecified atom stereocenters. The molecule has 1 aliphatic heterocycles. The van der Waals surface area contributed by atoms with Crippen LogP contribution in [-0.4, -0.2) is 22.8 Å². The number of methoxy groups -OCH3 is 1. The molecule has 0 aliphatic carbocycles. The summed E-state index contributed by atoms with van der Waals surface area (Å²) in [5.74, 6) is 2.53. The highest BCUT2D eigenvalue weighted by atomic mass is 32.2. The first-order chi connectivity index (χ1) is 10.8. The standard InChI is InChI=1S/C16H14N2O2S2/c1-20-10-6-4-9(5-7-10)13-17-14(19)12-11-3-2-8-21-16(11)22-15(12)18-13/h4-7H,2-3,8H2,1H3,(H,17,18,19). The number of benzene rings is 1. The zero-order chi connectivity index (χ0) is 15.1. The van der Waals surface area contributed by atoms with Crippen LogP contribution in [0.3, 0.4) is 0 Å². The van der Waals surface area contributed by atoms with Gasteiger partial charge >= 0.3 is 0 Å². The van der Waals surface area contributed by atoms with E-state index in [1.54, 1.807) is 18.4 Å². The summed E-state index contributed by atoms with van der Waals surface area (Å²) in [6.07, 6.45) is 2.11. The number of rotatable bonds is 2. The molecule has 2 aromatic heterocycles. The van der Waals surface area contributed by atoms with Gasteiger partial charge in [0.25, 0.3) is 5.56 Å². The Hall–Kier alpha value is -1.79. The van der Waals surface area contributed by atoms with E-state index in [0.29, 0.717) is 5.82 Å². The van der Waals surface area contributed by atoms with E-state index >= 15 is 0 Å². The summed E-state index contributed by atoms with van der Waals surface area (Å²) in [5, 5.41) is 0.782. The van der Waals surface area contributed by atoms with Crippen LogP contribution >= 0.6 is 23.1 Å². The van der Waals surface area contributed by atoms with Gasteiger partial charge in [0, 0.05) is 5.56 Å². The first-order valence-electron chi connectivity index (χ1n) is 7.09. The van der Waals surface area contributed by atoms with E-state index in [4.69, 9.17) is 4.74 Å². The Morgan fingerprint density at radius 1 is 1.27 bits per heavy atom. The average Bonchev–Trinajstić information content (AvgIpc) is 2.93. The molecule has 6 heteroatoms. The molecule has 0 atom stereocenters. The molecule has 0 radical (unpaired) electrons. The molecular weight excluding hydrogens is 316 g/mol. The molecule has 3 heterocycles. The minimum absolute atomic E-state index is 0.0316. The number of fused-ring (bicyclic) bond motifs is 3. The van der Waals surface area contributed by atoms with E-state index in [9.17, 15) is 4.79 Å². The molecule has 0 saturated heterocycles. The summed E-state index contributed by atoms with van der Waals surface area (Å²) < 4.78 is 6.42. The Morgan fingerprint density at radius 3 is 2.86 bits per heavy atom. The number of H-pyrrole nitrogens is 1. The van der Waals surface area contributed by atoms with E-state index in [2.05, 4.69) is 9.97 Å². The summed E-state index contributed by atoms with van der Waals surface area (Å²) in [6.45, 7) is 0. The lowest BCUT2D eigenvalue weighted by molar-refractivity contribution is 0.415. The topological polar surface area (TPSA) is 55.0 Å². The van der Waals surface area contributed by atoms with Gasteiger partial charge in [-0.2, -0.15) is 0 Å². The molecule has 0 spiro atoms. The second-order valence-corrected chi connectivity index (χ2v) is 7.51. The first-order valence-corrected chi connectivity index (χ1v) is 8.89. The fourth-order valence-electron chi connectivity index (χ4n) is 2.69. The Bertz CT molecular complexity index is 897. The minimum atomic E-state index is -0.0316. The minimum Gasteiger partial charge on any atom is -0.497 e. The summed E-state index contributed by atoms with van der Waals surface area (Å²) in [7, 11) is 1.63. The van der Waals surface area contributed by atoms with Gasteiger partial charge in [-0.25, -0.2) is 4.98 Å². The van der Waals surface area contributed by atoms with Crippen LogP contribution in [0.1, 0.15) is 12.0 Å². The van der Waals surface area contributed by atoms with Crippen molar-refractivity contribution in [2.75, 3.05) is 12.9 Å². The first kappa shape index (κ1) is 13.8. The van der Waals surface area contributed by atoms with E-state index in [1.807, 2.05) is 36.0 Å². The quantitative estimate of drug-likeness (QED) is 0.778. The third-order valence-electron chi connectivity index (χ3n) is 3.79. The number of aromatic nitrogens is 2. The van der Waals surface area contributed by atoms with Gasteiger partial charge in [0.1, 0.15) is 16.4 Å². The number of aromatic amines is 1. The number of hydrogen-bond acceptors (Lipinski definition) is 5. The van der Waals surface area contributed by atoms with Crippen molar-refractivity contribution in [2.45, 2.75) is 17.1 Å². The Kier molecular flexibility index (Phi) is 3.43. The number of nitrogens with zero attached hydrogens (tertiary/aromatic N) is 1. The molecule has 4 rings (SSSR count). The van der Waals surface area contributed by atoms with Gasteiger partial charge in [-0.3, -0.25) is 4.79 Å². The maximum absolute atomic E-state index is 12.5. The van der Waals surface area contributed by atoms with E-state index in [0.717, 1.165) is 40.1 Å². The molecule has 0 fully saturated rings. The Balaban J connectivity index is 1.87. The zero-order valence-electron chi connectivity index (χ0n) is 12.0. The van der Waals surface area contributed by atoms with Gasteiger partial charge in [-0.05, 0) is 48.4 Å². The van der Waals surface area contributed by atoms with Crippen molar-refractivity contribution in [3.8, 4) is 17.1 Å². The summed E-state index contributed by atoms with van der Waals surface area (Å²) in [4.78, 5) is 21.0. The largest absolute Gasteiger partial charge is 0.497 e. The lowest BCUT2D eigenvalue weighted by Crippen LogP contribution is -2.10. The van der Waals surface area contributed by atoms with Crippen LogP contribution in [0, 0.1) is 0 Å². The molecule has 1 N–H and O–H groups in total. The normalized spacial score (nSPS) is 14.0. The second kappa shape index (κ2) is 5.44. The van der Waals surface area contributed by atoms with Gasteiger partial charge in [0.05, 0.1) is 16.7 Å². The highest BCUT2D eigenvalue weighted by Crippen LogP contribution is 2.40. The van der Waals surface area contributed by atoms with Crippen LogP contribution < -0.4 is 10.3 Å². The van der Waals surface area contributed by atoms with Gasteiger partial charge in [0.2, 0.25) is 0 Å². The van der Waals surface area contributed by atoms with E-state index in [1.165, 1.54) is 9.77 Å². The van der Waals surface area contributed by atoms with Crippen LogP contribution in [0.5, 0.6) is 5.75 Å². The third kappa shape index (κ3) is 2.23. The number of hydrogen-bond donors (Lipinski definition) is 1. The fourth-order valence-corrected chi connectivity index (χ4v) is 5.22. The van der Waals surface area contributed by atoms with Gasteiger partial charge in [0.15, 0.2) is 0 Å². The number of thiophene rings is 1. The van der Waals surface area contributed by atoms with E-state index in [-0.39, 0.29) is 5.56 Å². The summed E-state index contributed by atoms with van der Waals surface area (Å²) >= 11 is 3.48. The van der Waals surface area contributed by atoms with Crippen molar-refractivity contribution in [1.29, 1.82) is 0 Å². The smallest absolute Gasteiger partial charge is 0.260 e. The Morgan fingerprint density at radius 2 is 2.09 bits per heavy atom. The van der Waals surface area contributed by atoms with Gasteiger partial charge in [-0.15, -0.1) is 23.1 Å². The predicted octanol–water partition coefficient (Wildman–Crippen LogP) is 3.70. The van der Waals surface area contributed by atoms with Crippen molar-refractivity contribution < 1.29 is 4.74 Å². The second-order valence-electron chi connectivity index (χ2n) is 5.14. The molecule has 0 bridgehead atoms. The van der Waals surface area contributed by atoms with Crippen molar-refractivity contribution in [3.05, 3.63) is 40.2 Å². The molecule has 0 saturated carbocycles. The molecule has 3 aromatic rings. The molecule has 4 nitrogen and oxygen atoms in total. The number of ether oxygens (including phenoxy) is 1. The molecule has 112 valence electrons. The summed E-state index contributed by atoms with van der Waals surface area (Å²) in [6, 6.07) is 7.56. The fraction of sp³-hybridized carbons (Fsp3) is 0.250. The van der Waals surface area contributed by atoms with Gasteiger partial charge in [-0.1, -0.05) is 0 Å². The molecule has 1 aliphatic rings. The molecule has 1 aromatic carbocycles.